The van der Waals surface area contributed by atoms with E-state index in [2.05, 4.69) is 15.1 Å². The van der Waals surface area contributed by atoms with Crippen molar-refractivity contribution in [3.8, 4) is 5.75 Å². The number of aliphatic imine (C=N–C) groups is 1. The molecule has 1 saturated heterocycles. The van der Waals surface area contributed by atoms with Crippen molar-refractivity contribution in [2.75, 3.05) is 39.7 Å². The summed E-state index contributed by atoms with van der Waals surface area (Å²) in [5, 5.41) is 35.5. The highest BCUT2D eigenvalue weighted by atomic mass is 31.2. The molecule has 6 N–H and O–H groups in total. The number of halogens is 1. The number of aliphatic hydroxyl groups is 3. The Balaban J connectivity index is 1.38. The summed E-state index contributed by atoms with van der Waals surface area (Å²) in [6.07, 6.45) is -3.02. The maximum Gasteiger partial charge on any atom is 0.472 e. The van der Waals surface area contributed by atoms with Crippen molar-refractivity contribution in [2.45, 2.75) is 36.6 Å². The van der Waals surface area contributed by atoms with Crippen molar-refractivity contribution in [3.63, 3.8) is 0 Å². The van der Waals surface area contributed by atoms with E-state index in [0.29, 0.717) is 11.1 Å². The largest absolute Gasteiger partial charge is 0.494 e. The molecule has 224 valence electrons. The van der Waals surface area contributed by atoms with Gasteiger partial charge in [0.1, 0.15) is 36.3 Å². The molecule has 4 rings (SSSR count). The SMILES string of the molecule is C/N=C\[C@@]1(c2ccc3c(N)ncnn23)O[C@H](COP(=O)(O)OC[C@@H](CO)OCc2ccc(OC)c(F)c2)C(O)C1O. The number of nitrogens with two attached hydrogens (primary N) is 1. The van der Waals surface area contributed by atoms with E-state index < -0.39 is 63.5 Å². The number of benzene rings is 1. The van der Waals surface area contributed by atoms with Crippen molar-refractivity contribution >= 4 is 25.4 Å². The van der Waals surface area contributed by atoms with E-state index in [9.17, 15) is 29.2 Å². The smallest absolute Gasteiger partial charge is 0.472 e. The summed E-state index contributed by atoms with van der Waals surface area (Å²) in [6, 6.07) is 7.32. The lowest BCUT2D eigenvalue weighted by Gasteiger charge is -2.27. The number of aliphatic hydroxyl groups excluding tert-OH is 3. The van der Waals surface area contributed by atoms with Crippen molar-refractivity contribution in [3.05, 3.63) is 53.7 Å². The van der Waals surface area contributed by atoms with Crippen molar-refractivity contribution in [1.82, 2.24) is 14.6 Å². The van der Waals surface area contributed by atoms with E-state index in [4.69, 9.17) is 29.0 Å². The fraction of sp³-hybridized carbons (Fsp3) is 0.458. The van der Waals surface area contributed by atoms with Crippen LogP contribution in [0.25, 0.3) is 5.52 Å². The third-order valence-corrected chi connectivity index (χ3v) is 7.37. The Bertz CT molecular complexity index is 1430. The molecule has 2 aromatic heterocycles. The number of rotatable bonds is 13. The lowest BCUT2D eigenvalue weighted by molar-refractivity contribution is -0.0579. The zero-order valence-corrected chi connectivity index (χ0v) is 23.0. The molecule has 1 aliphatic rings. The zero-order chi connectivity index (χ0) is 29.8. The number of methoxy groups -OCH3 is 1. The maximum atomic E-state index is 13.9. The molecule has 0 bridgehead atoms. The normalized spacial score (nSPS) is 25.1. The molecular formula is C24H31FN5O10P. The summed E-state index contributed by atoms with van der Waals surface area (Å²) in [5.41, 5.74) is 5.30. The highest BCUT2D eigenvalue weighted by Gasteiger charge is 2.56. The fourth-order valence-corrected chi connectivity index (χ4v) is 5.12. The number of anilines is 1. The molecule has 1 aliphatic heterocycles. The van der Waals surface area contributed by atoms with E-state index in [0.717, 1.165) is 0 Å². The van der Waals surface area contributed by atoms with Crippen molar-refractivity contribution in [1.29, 1.82) is 0 Å². The summed E-state index contributed by atoms with van der Waals surface area (Å²) in [4.78, 5) is 18.1. The summed E-state index contributed by atoms with van der Waals surface area (Å²) < 4.78 is 54.0. The molecule has 0 saturated carbocycles. The van der Waals surface area contributed by atoms with Gasteiger partial charge in [0.25, 0.3) is 0 Å². The molecule has 1 aromatic carbocycles. The Morgan fingerprint density at radius 1 is 1.32 bits per heavy atom. The van der Waals surface area contributed by atoms with Crippen molar-refractivity contribution in [2.24, 2.45) is 4.99 Å². The van der Waals surface area contributed by atoms with E-state index in [1.165, 1.54) is 43.3 Å². The quantitative estimate of drug-likeness (QED) is 0.131. The van der Waals surface area contributed by atoms with Gasteiger partial charge < -0.3 is 40.2 Å². The van der Waals surface area contributed by atoms with Crippen LogP contribution in [-0.4, -0.2) is 99.4 Å². The number of phosphoric ester groups is 1. The van der Waals surface area contributed by atoms with Gasteiger partial charge in [-0.3, -0.25) is 14.0 Å². The molecule has 0 amide bonds. The van der Waals surface area contributed by atoms with Gasteiger partial charge in [-0.05, 0) is 29.8 Å². The average Bonchev–Trinajstić information content (AvgIpc) is 3.49. The minimum atomic E-state index is -4.75. The predicted octanol–water partition coefficient (Wildman–Crippen LogP) is 0.187. The Labute approximate surface area is 233 Å². The van der Waals surface area contributed by atoms with E-state index in [1.807, 2.05) is 0 Å². The predicted molar refractivity (Wildman–Crippen MR) is 141 cm³/mol. The van der Waals surface area contributed by atoms with E-state index >= 15 is 0 Å². The van der Waals surface area contributed by atoms with E-state index in [1.54, 1.807) is 18.2 Å². The van der Waals surface area contributed by atoms with Gasteiger partial charge >= 0.3 is 7.82 Å². The van der Waals surface area contributed by atoms with Crippen LogP contribution in [0, 0.1) is 5.82 Å². The maximum absolute atomic E-state index is 13.9. The highest BCUT2D eigenvalue weighted by molar-refractivity contribution is 7.47. The first-order valence-electron chi connectivity index (χ1n) is 12.3. The molecular weight excluding hydrogens is 568 g/mol. The molecule has 6 atom stereocenters. The monoisotopic (exact) mass is 599 g/mol. The van der Waals surface area contributed by atoms with Gasteiger partial charge in [-0.2, -0.15) is 5.10 Å². The Kier molecular flexibility index (Phi) is 9.69. The van der Waals surface area contributed by atoms with Crippen LogP contribution in [0.1, 0.15) is 11.3 Å². The van der Waals surface area contributed by atoms with E-state index in [-0.39, 0.29) is 23.9 Å². The Hall–Kier alpha value is -3.05. The second-order valence-electron chi connectivity index (χ2n) is 9.08. The molecule has 3 unspecified atom stereocenters. The molecule has 3 heterocycles. The standard InChI is InChI=1S/C24H31FN5O10P/c1-27-12-24(20-6-4-17-23(26)28-13-29-30(17)20)22(33)21(32)19(40-24)11-39-41(34,35)38-10-15(8-31)37-9-14-3-5-18(36-2)16(25)7-14/h3-7,12-13,15,19,21-22,31-33H,8-11H2,1-2H3,(H,34,35)(H2,26,28,29)/b27-12-/t15-,19-,21?,22?,24+/m1/s1. The Morgan fingerprint density at radius 3 is 2.78 bits per heavy atom. The number of phosphoric acid groups is 1. The highest BCUT2D eigenvalue weighted by Crippen LogP contribution is 2.46. The number of aromatic nitrogens is 3. The topological polar surface area (TPSA) is 213 Å². The summed E-state index contributed by atoms with van der Waals surface area (Å²) >= 11 is 0. The van der Waals surface area contributed by atoms with Gasteiger partial charge in [-0.1, -0.05) is 6.07 Å². The summed E-state index contributed by atoms with van der Waals surface area (Å²) in [6.45, 7) is -1.92. The number of hydrogen-bond donors (Lipinski definition) is 5. The molecule has 0 spiro atoms. The first kappa shape index (κ1) is 30.9. The first-order valence-corrected chi connectivity index (χ1v) is 13.8. The van der Waals surface area contributed by atoms with Gasteiger partial charge in [0.05, 0.1) is 39.2 Å². The minimum absolute atomic E-state index is 0.0535. The molecule has 0 aliphatic carbocycles. The number of nitrogen functional groups attached to an aromatic ring is 1. The van der Waals surface area contributed by atoms with Gasteiger partial charge in [0.15, 0.2) is 23.0 Å². The number of ether oxygens (including phenoxy) is 3. The van der Waals surface area contributed by atoms with Gasteiger partial charge in [0, 0.05) is 13.3 Å². The summed E-state index contributed by atoms with van der Waals surface area (Å²) in [5.74, 6) is -0.378. The van der Waals surface area contributed by atoms with Crippen LogP contribution in [0.3, 0.4) is 0 Å². The number of nitrogens with zero attached hydrogens (tertiary/aromatic N) is 4. The Morgan fingerprint density at radius 2 is 2.10 bits per heavy atom. The molecule has 17 heteroatoms. The number of fused-ring (bicyclic) bond motifs is 1. The molecule has 41 heavy (non-hydrogen) atoms. The van der Waals surface area contributed by atoms with Crippen LogP contribution >= 0.6 is 7.82 Å². The molecule has 15 nitrogen and oxygen atoms in total. The average molecular weight is 600 g/mol. The summed E-state index contributed by atoms with van der Waals surface area (Å²) in [7, 11) is -1.98. The minimum Gasteiger partial charge on any atom is -0.494 e. The first-order chi connectivity index (χ1) is 19.5. The second-order valence-corrected chi connectivity index (χ2v) is 10.5. The van der Waals surface area contributed by atoms with Crippen LogP contribution in [0.2, 0.25) is 0 Å². The molecule has 3 aromatic rings. The fourth-order valence-electron chi connectivity index (χ4n) is 4.35. The van der Waals surface area contributed by atoms with Crippen LogP contribution in [-0.2, 0) is 35.3 Å². The molecule has 1 fully saturated rings. The molecule has 0 radical (unpaired) electrons. The van der Waals surface area contributed by atoms with Gasteiger partial charge in [-0.25, -0.2) is 18.5 Å². The third kappa shape index (κ3) is 6.56. The zero-order valence-electron chi connectivity index (χ0n) is 22.1. The second kappa shape index (κ2) is 12.9. The van der Waals surface area contributed by atoms with Gasteiger partial charge in [0.2, 0.25) is 0 Å². The van der Waals surface area contributed by atoms with Crippen LogP contribution in [0.15, 0.2) is 41.7 Å². The van der Waals surface area contributed by atoms with Crippen LogP contribution in [0.4, 0.5) is 10.2 Å². The lowest BCUT2D eigenvalue weighted by Crippen LogP contribution is -2.43. The van der Waals surface area contributed by atoms with Crippen LogP contribution < -0.4 is 10.5 Å². The van der Waals surface area contributed by atoms with Crippen LogP contribution in [0.5, 0.6) is 5.75 Å². The third-order valence-electron chi connectivity index (χ3n) is 6.42. The van der Waals surface area contributed by atoms with Gasteiger partial charge in [-0.15, -0.1) is 0 Å². The lowest BCUT2D eigenvalue weighted by atomic mass is 9.92. The number of hydrogen-bond acceptors (Lipinski definition) is 13. The van der Waals surface area contributed by atoms with Crippen molar-refractivity contribution < 1.29 is 52.4 Å².